The third kappa shape index (κ3) is 6.24. The number of hydrogen-bond donors (Lipinski definition) is 0. The minimum Gasteiger partial charge on any atom is -0.497 e. The van der Waals surface area contributed by atoms with Gasteiger partial charge in [-0.2, -0.15) is 5.26 Å². The zero-order valence-corrected chi connectivity index (χ0v) is 17.8. The first-order valence-corrected chi connectivity index (χ1v) is 9.46. The van der Waals surface area contributed by atoms with E-state index in [1.54, 1.807) is 32.0 Å². The van der Waals surface area contributed by atoms with Gasteiger partial charge in [0.2, 0.25) is 0 Å². The van der Waals surface area contributed by atoms with E-state index < -0.39 is 11.9 Å². The van der Waals surface area contributed by atoms with Gasteiger partial charge in [0.1, 0.15) is 23.1 Å². The van der Waals surface area contributed by atoms with Gasteiger partial charge in [0.05, 0.1) is 33.0 Å². The average Bonchev–Trinajstić information content (AvgIpc) is 2.78. The van der Waals surface area contributed by atoms with Crippen LogP contribution in [-0.4, -0.2) is 39.4 Å². The first-order chi connectivity index (χ1) is 14.9. The minimum absolute atomic E-state index is 0.155. The molecule has 0 aromatic heterocycles. The summed E-state index contributed by atoms with van der Waals surface area (Å²) in [7, 11) is 2.96. The molecule has 0 atom stereocenters. The fourth-order valence-electron chi connectivity index (χ4n) is 2.56. The largest absolute Gasteiger partial charge is 0.497 e. The molecule has 0 aliphatic heterocycles. The van der Waals surface area contributed by atoms with E-state index in [0.29, 0.717) is 23.7 Å². The van der Waals surface area contributed by atoms with E-state index in [1.165, 1.54) is 38.5 Å². The van der Waals surface area contributed by atoms with Crippen molar-refractivity contribution in [2.24, 2.45) is 0 Å². The molecule has 2 aromatic carbocycles. The molecule has 0 fully saturated rings. The number of rotatable bonds is 9. The van der Waals surface area contributed by atoms with Crippen LogP contribution in [0.25, 0.3) is 6.08 Å². The van der Waals surface area contributed by atoms with Gasteiger partial charge in [-0.15, -0.1) is 0 Å². The van der Waals surface area contributed by atoms with Crippen LogP contribution in [0.15, 0.2) is 42.0 Å². The topological polar surface area (TPSA) is 104 Å². The Kier molecular flexibility index (Phi) is 8.46. The normalized spacial score (nSPS) is 10.6. The molecule has 2 aromatic rings. The van der Waals surface area contributed by atoms with Crippen molar-refractivity contribution in [1.29, 1.82) is 5.26 Å². The molecule has 0 bridgehead atoms. The molecule has 0 spiro atoms. The first-order valence-electron chi connectivity index (χ1n) is 9.46. The number of ether oxygens (including phenoxy) is 5. The molecule has 0 heterocycles. The molecule has 0 unspecified atom stereocenters. The van der Waals surface area contributed by atoms with Crippen LogP contribution in [0.3, 0.4) is 0 Å². The summed E-state index contributed by atoms with van der Waals surface area (Å²) in [5, 5.41) is 9.20. The van der Waals surface area contributed by atoms with Crippen LogP contribution in [0, 0.1) is 11.3 Å². The van der Waals surface area contributed by atoms with Gasteiger partial charge in [-0.05, 0) is 49.8 Å². The summed E-state index contributed by atoms with van der Waals surface area (Å²) in [5.41, 5.74) is 0.588. The molecule has 0 aliphatic rings. The van der Waals surface area contributed by atoms with Gasteiger partial charge >= 0.3 is 11.9 Å². The maximum Gasteiger partial charge on any atom is 0.348 e. The lowest BCUT2D eigenvalue weighted by atomic mass is 10.1. The zero-order valence-electron chi connectivity index (χ0n) is 17.8. The Morgan fingerprint density at radius 3 is 2.19 bits per heavy atom. The third-order valence-electron chi connectivity index (χ3n) is 3.98. The van der Waals surface area contributed by atoms with Crippen molar-refractivity contribution in [3.8, 4) is 29.1 Å². The Morgan fingerprint density at radius 1 is 0.968 bits per heavy atom. The summed E-state index contributed by atoms with van der Waals surface area (Å²) < 4.78 is 26.3. The molecule has 0 saturated heterocycles. The molecule has 0 amide bonds. The molecule has 0 radical (unpaired) electrons. The monoisotopic (exact) mass is 425 g/mol. The first kappa shape index (κ1) is 23.3. The number of nitrogens with zero attached hydrogens (tertiary/aromatic N) is 1. The van der Waals surface area contributed by atoms with Crippen molar-refractivity contribution in [3.63, 3.8) is 0 Å². The van der Waals surface area contributed by atoms with E-state index in [0.717, 1.165) is 0 Å². The lowest BCUT2D eigenvalue weighted by Crippen LogP contribution is -2.10. The Labute approximate surface area is 180 Å². The summed E-state index contributed by atoms with van der Waals surface area (Å²) in [6, 6.07) is 11.2. The van der Waals surface area contributed by atoms with E-state index in [2.05, 4.69) is 0 Å². The third-order valence-corrected chi connectivity index (χ3v) is 3.98. The Morgan fingerprint density at radius 2 is 1.65 bits per heavy atom. The van der Waals surface area contributed by atoms with E-state index in [-0.39, 0.29) is 29.2 Å². The molecule has 8 heteroatoms. The van der Waals surface area contributed by atoms with Gasteiger partial charge in [-0.25, -0.2) is 9.59 Å². The van der Waals surface area contributed by atoms with E-state index in [4.69, 9.17) is 23.7 Å². The summed E-state index contributed by atoms with van der Waals surface area (Å²) in [6.07, 6.45) is 1.37. The quantitative estimate of drug-likeness (QED) is 0.259. The van der Waals surface area contributed by atoms with Gasteiger partial charge in [-0.1, -0.05) is 6.07 Å². The maximum absolute atomic E-state index is 12.7. The summed E-state index contributed by atoms with van der Waals surface area (Å²) in [4.78, 5) is 24.5. The smallest absolute Gasteiger partial charge is 0.348 e. The highest BCUT2D eigenvalue weighted by Crippen LogP contribution is 2.31. The van der Waals surface area contributed by atoms with Crippen LogP contribution in [0.5, 0.6) is 23.0 Å². The number of carbonyl (C=O) groups excluding carboxylic acids is 2. The van der Waals surface area contributed by atoms with Crippen LogP contribution in [-0.2, 0) is 9.53 Å². The van der Waals surface area contributed by atoms with Crippen molar-refractivity contribution < 1.29 is 33.3 Å². The Bertz CT molecular complexity index is 999. The molecular formula is C23H23NO7. The fourth-order valence-corrected chi connectivity index (χ4v) is 2.56. The summed E-state index contributed by atoms with van der Waals surface area (Å²) >= 11 is 0. The highest BCUT2D eigenvalue weighted by Gasteiger charge is 2.16. The Hall–Kier alpha value is -3.99. The Balaban J connectivity index is 2.34. The maximum atomic E-state index is 12.7. The van der Waals surface area contributed by atoms with Crippen molar-refractivity contribution in [1.82, 2.24) is 0 Å². The predicted octanol–water partition coefficient (Wildman–Crippen LogP) is 3.79. The molecular weight excluding hydrogens is 402 g/mol. The van der Waals surface area contributed by atoms with E-state index in [1.807, 2.05) is 6.07 Å². The number of carbonyl (C=O) groups is 2. The van der Waals surface area contributed by atoms with Crippen LogP contribution in [0.2, 0.25) is 0 Å². The minimum atomic E-state index is -0.717. The summed E-state index contributed by atoms with van der Waals surface area (Å²) in [5.74, 6) is -0.00297. The summed E-state index contributed by atoms with van der Waals surface area (Å²) in [6.45, 7) is 3.90. The lowest BCUT2D eigenvalue weighted by molar-refractivity contribution is -0.137. The number of esters is 2. The van der Waals surface area contributed by atoms with E-state index in [9.17, 15) is 14.9 Å². The van der Waals surface area contributed by atoms with Crippen LogP contribution in [0.4, 0.5) is 0 Å². The average molecular weight is 425 g/mol. The number of methoxy groups -OCH3 is 2. The van der Waals surface area contributed by atoms with Crippen molar-refractivity contribution in [2.45, 2.75) is 13.8 Å². The van der Waals surface area contributed by atoms with Gasteiger partial charge in [0.15, 0.2) is 11.5 Å². The lowest BCUT2D eigenvalue weighted by Gasteiger charge is -2.12. The molecule has 0 saturated carbocycles. The molecule has 0 aliphatic carbocycles. The molecule has 0 N–H and O–H groups in total. The van der Waals surface area contributed by atoms with Crippen LogP contribution < -0.4 is 18.9 Å². The number of benzene rings is 2. The van der Waals surface area contributed by atoms with Crippen molar-refractivity contribution in [3.05, 3.63) is 53.1 Å². The fraction of sp³-hybridized carbons (Fsp3) is 0.261. The number of hydrogen-bond acceptors (Lipinski definition) is 8. The second-order valence-electron chi connectivity index (χ2n) is 6.02. The standard InChI is InChI=1S/C23H23NO7/c1-5-29-21-10-15(9-17(14-24)22(25)30-6-2)7-8-20(21)31-23(26)16-11-18(27-3)13-19(12-16)28-4/h7-13H,5-6H2,1-4H3/b17-9-. The molecule has 2 rings (SSSR count). The van der Waals surface area contributed by atoms with E-state index >= 15 is 0 Å². The van der Waals surface area contributed by atoms with Crippen LogP contribution >= 0.6 is 0 Å². The van der Waals surface area contributed by atoms with Gasteiger partial charge < -0.3 is 23.7 Å². The number of nitriles is 1. The zero-order chi connectivity index (χ0) is 22.8. The highest BCUT2D eigenvalue weighted by molar-refractivity contribution is 5.98. The molecule has 8 nitrogen and oxygen atoms in total. The predicted molar refractivity (Wildman–Crippen MR) is 112 cm³/mol. The van der Waals surface area contributed by atoms with Gasteiger partial charge in [-0.3, -0.25) is 0 Å². The SMILES string of the molecule is CCOC(=O)/C(C#N)=C\c1ccc(OC(=O)c2cc(OC)cc(OC)c2)c(OCC)c1. The highest BCUT2D eigenvalue weighted by atomic mass is 16.6. The molecule has 31 heavy (non-hydrogen) atoms. The van der Waals surface area contributed by atoms with Gasteiger partial charge in [0.25, 0.3) is 0 Å². The van der Waals surface area contributed by atoms with Crippen molar-refractivity contribution in [2.75, 3.05) is 27.4 Å². The molecule has 162 valence electrons. The van der Waals surface area contributed by atoms with Crippen molar-refractivity contribution >= 4 is 18.0 Å². The van der Waals surface area contributed by atoms with Gasteiger partial charge in [0, 0.05) is 6.07 Å². The van der Waals surface area contributed by atoms with Crippen LogP contribution in [0.1, 0.15) is 29.8 Å². The second-order valence-corrected chi connectivity index (χ2v) is 6.02. The second kappa shape index (κ2) is 11.3.